The molecule has 0 saturated carbocycles. The summed E-state index contributed by atoms with van der Waals surface area (Å²) < 4.78 is 28.0. The van der Waals surface area contributed by atoms with Crippen molar-refractivity contribution >= 4 is 21.7 Å². The number of aromatic nitrogens is 2. The molecule has 0 atom stereocenters. The Morgan fingerprint density at radius 3 is 2.43 bits per heavy atom. The molecule has 0 spiro atoms. The first-order chi connectivity index (χ1) is 10.7. The molecular weight excluding hydrogens is 318 g/mol. The van der Waals surface area contributed by atoms with E-state index in [0.29, 0.717) is 18.2 Å². The predicted molar refractivity (Wildman–Crippen MR) is 86.1 cm³/mol. The van der Waals surface area contributed by atoms with Crippen LogP contribution in [-0.2, 0) is 16.6 Å². The van der Waals surface area contributed by atoms with Crippen molar-refractivity contribution in [1.29, 1.82) is 0 Å². The maximum absolute atomic E-state index is 12.6. The maximum Gasteiger partial charge on any atom is 0.335 e. The molecule has 124 valence electrons. The summed E-state index contributed by atoms with van der Waals surface area (Å²) in [4.78, 5) is 14.8. The van der Waals surface area contributed by atoms with Gasteiger partial charge in [-0.3, -0.25) is 4.31 Å². The first kappa shape index (κ1) is 17.0. The summed E-state index contributed by atoms with van der Waals surface area (Å²) in [5, 5.41) is 8.84. The van der Waals surface area contributed by atoms with E-state index in [2.05, 4.69) is 4.98 Å². The largest absolute Gasteiger partial charge is 0.478 e. The highest BCUT2D eigenvalue weighted by Gasteiger charge is 2.24. The fourth-order valence-corrected chi connectivity index (χ4v) is 3.22. The van der Waals surface area contributed by atoms with Gasteiger partial charge in [0.05, 0.1) is 17.6 Å². The second-order valence-electron chi connectivity index (χ2n) is 5.63. The van der Waals surface area contributed by atoms with Gasteiger partial charge in [-0.1, -0.05) is 13.8 Å². The van der Waals surface area contributed by atoms with E-state index in [1.54, 1.807) is 4.57 Å². The molecule has 1 aromatic heterocycles. The summed E-state index contributed by atoms with van der Waals surface area (Å²) in [6.07, 6.45) is 2.99. The first-order valence-corrected chi connectivity index (χ1v) is 8.50. The lowest BCUT2D eigenvalue weighted by atomic mass is 10.2. The van der Waals surface area contributed by atoms with Gasteiger partial charge in [0.1, 0.15) is 0 Å². The first-order valence-electron chi connectivity index (χ1n) is 7.06. The Morgan fingerprint density at radius 1 is 1.30 bits per heavy atom. The third kappa shape index (κ3) is 3.70. The Labute approximate surface area is 135 Å². The minimum atomic E-state index is -3.79. The van der Waals surface area contributed by atoms with Crippen LogP contribution in [0.1, 0.15) is 24.2 Å². The maximum atomic E-state index is 12.6. The number of carbonyl (C=O) groups is 1. The van der Waals surface area contributed by atoms with Gasteiger partial charge >= 0.3 is 5.97 Å². The number of hydrogen-bond acceptors (Lipinski definition) is 4. The van der Waals surface area contributed by atoms with Gasteiger partial charge in [0.25, 0.3) is 10.0 Å². The predicted octanol–water partition coefficient (Wildman–Crippen LogP) is 2.06. The van der Waals surface area contributed by atoms with Gasteiger partial charge in [0.15, 0.2) is 5.03 Å². The summed E-state index contributed by atoms with van der Waals surface area (Å²) in [6.45, 7) is 4.74. The molecule has 0 radical (unpaired) electrons. The molecule has 0 aliphatic rings. The monoisotopic (exact) mass is 337 g/mol. The van der Waals surface area contributed by atoms with Crippen molar-refractivity contribution in [1.82, 2.24) is 9.55 Å². The average Bonchev–Trinajstić information content (AvgIpc) is 2.95. The van der Waals surface area contributed by atoms with Gasteiger partial charge in [-0.25, -0.2) is 9.78 Å². The summed E-state index contributed by atoms with van der Waals surface area (Å²) >= 11 is 0. The zero-order chi connectivity index (χ0) is 17.2. The van der Waals surface area contributed by atoms with Crippen LogP contribution in [0.25, 0.3) is 0 Å². The Bertz CT molecular complexity index is 794. The minimum absolute atomic E-state index is 0.0389. The van der Waals surface area contributed by atoms with Crippen molar-refractivity contribution in [2.75, 3.05) is 11.4 Å². The zero-order valence-electron chi connectivity index (χ0n) is 13.2. The quantitative estimate of drug-likeness (QED) is 0.871. The van der Waals surface area contributed by atoms with Crippen molar-refractivity contribution in [3.63, 3.8) is 0 Å². The molecule has 0 unspecified atom stereocenters. The Kier molecular flexibility index (Phi) is 4.74. The van der Waals surface area contributed by atoms with E-state index in [1.165, 1.54) is 43.8 Å². The fraction of sp³-hybridized carbons (Fsp3) is 0.333. The van der Waals surface area contributed by atoms with Gasteiger partial charge in [-0.2, -0.15) is 8.42 Å². The van der Waals surface area contributed by atoms with Gasteiger partial charge in [0, 0.05) is 19.8 Å². The lowest BCUT2D eigenvalue weighted by Crippen LogP contribution is -2.26. The van der Waals surface area contributed by atoms with Crippen molar-refractivity contribution < 1.29 is 18.3 Å². The number of anilines is 1. The normalized spacial score (nSPS) is 11.7. The van der Waals surface area contributed by atoms with Gasteiger partial charge in [-0.05, 0) is 30.2 Å². The number of aromatic carboxylic acids is 1. The molecule has 0 aliphatic carbocycles. The molecule has 0 saturated heterocycles. The van der Waals surface area contributed by atoms with Crippen LogP contribution in [0, 0.1) is 5.92 Å². The molecule has 0 fully saturated rings. The highest BCUT2D eigenvalue weighted by atomic mass is 32.2. The van der Waals surface area contributed by atoms with Crippen molar-refractivity contribution in [3.05, 3.63) is 42.4 Å². The van der Waals surface area contributed by atoms with Crippen LogP contribution < -0.4 is 4.31 Å². The Morgan fingerprint density at radius 2 is 1.91 bits per heavy atom. The number of rotatable bonds is 6. The van der Waals surface area contributed by atoms with Crippen LogP contribution in [0.2, 0.25) is 0 Å². The number of nitrogens with zero attached hydrogens (tertiary/aromatic N) is 3. The van der Waals surface area contributed by atoms with E-state index < -0.39 is 16.0 Å². The summed E-state index contributed by atoms with van der Waals surface area (Å²) in [7, 11) is -2.38. The smallest absolute Gasteiger partial charge is 0.335 e. The van der Waals surface area contributed by atoms with Crippen LogP contribution in [-0.4, -0.2) is 36.1 Å². The lowest BCUT2D eigenvalue weighted by molar-refractivity contribution is 0.0697. The van der Waals surface area contributed by atoms with Crippen molar-refractivity contribution in [2.24, 2.45) is 5.92 Å². The van der Waals surface area contributed by atoms with Crippen molar-refractivity contribution in [3.8, 4) is 0 Å². The Hall–Kier alpha value is -2.35. The molecule has 7 nitrogen and oxygen atoms in total. The van der Waals surface area contributed by atoms with E-state index in [-0.39, 0.29) is 10.6 Å². The summed E-state index contributed by atoms with van der Waals surface area (Å²) in [5.41, 5.74) is 0.467. The van der Waals surface area contributed by atoms with E-state index in [0.717, 1.165) is 4.31 Å². The number of benzene rings is 1. The molecule has 1 N–H and O–H groups in total. The SMILES string of the molecule is CC(C)Cn1cnc(S(=O)(=O)N(C)c2ccc(C(=O)O)cc2)c1. The lowest BCUT2D eigenvalue weighted by Gasteiger charge is -2.18. The van der Waals surface area contributed by atoms with E-state index >= 15 is 0 Å². The van der Waals surface area contributed by atoms with E-state index in [4.69, 9.17) is 5.11 Å². The van der Waals surface area contributed by atoms with Crippen LogP contribution in [0.3, 0.4) is 0 Å². The van der Waals surface area contributed by atoms with E-state index in [9.17, 15) is 13.2 Å². The fourth-order valence-electron chi connectivity index (χ4n) is 2.09. The molecular formula is C15H19N3O4S. The van der Waals surface area contributed by atoms with Gasteiger partial charge in [-0.15, -0.1) is 0 Å². The molecule has 23 heavy (non-hydrogen) atoms. The molecule has 2 rings (SSSR count). The zero-order valence-corrected chi connectivity index (χ0v) is 14.0. The van der Waals surface area contributed by atoms with Crippen LogP contribution in [0.4, 0.5) is 5.69 Å². The second kappa shape index (κ2) is 6.41. The highest BCUT2D eigenvalue weighted by Crippen LogP contribution is 2.21. The van der Waals surface area contributed by atoms with E-state index in [1.807, 2.05) is 13.8 Å². The van der Waals surface area contributed by atoms with Crippen LogP contribution in [0.5, 0.6) is 0 Å². The highest BCUT2D eigenvalue weighted by molar-refractivity contribution is 7.92. The Balaban J connectivity index is 2.27. The van der Waals surface area contributed by atoms with Gasteiger partial charge < -0.3 is 9.67 Å². The molecule has 0 amide bonds. The number of hydrogen-bond donors (Lipinski definition) is 1. The van der Waals surface area contributed by atoms with Crippen LogP contribution >= 0.6 is 0 Å². The van der Waals surface area contributed by atoms with Crippen LogP contribution in [0.15, 0.2) is 41.8 Å². The third-order valence-corrected chi connectivity index (χ3v) is 4.96. The molecule has 8 heteroatoms. The summed E-state index contributed by atoms with van der Waals surface area (Å²) in [5.74, 6) is -0.685. The van der Waals surface area contributed by atoms with Crippen molar-refractivity contribution in [2.45, 2.75) is 25.4 Å². The van der Waals surface area contributed by atoms with Gasteiger partial charge in [0.2, 0.25) is 0 Å². The molecule has 2 aromatic rings. The average molecular weight is 337 g/mol. The molecule has 0 bridgehead atoms. The summed E-state index contributed by atoms with van der Waals surface area (Å²) in [6, 6.07) is 5.63. The number of imidazole rings is 1. The second-order valence-corrected chi connectivity index (χ2v) is 7.54. The third-order valence-electron chi connectivity index (χ3n) is 3.29. The molecule has 1 heterocycles. The number of carboxylic acids is 1. The molecule has 1 aromatic carbocycles. The number of carboxylic acid groups (broad SMARTS) is 1. The topological polar surface area (TPSA) is 92.5 Å². The minimum Gasteiger partial charge on any atom is -0.478 e. The molecule has 0 aliphatic heterocycles. The number of sulfonamides is 1. The standard InChI is InChI=1S/C15H19N3O4S/c1-11(2)8-18-9-14(16-10-18)23(21,22)17(3)13-6-4-12(5-7-13)15(19)20/h4-7,9-11H,8H2,1-3H3,(H,19,20).